The second-order valence-corrected chi connectivity index (χ2v) is 8.32. The van der Waals surface area contributed by atoms with Crippen LogP contribution in [0.5, 0.6) is 11.5 Å². The molecule has 0 aliphatic carbocycles. The van der Waals surface area contributed by atoms with Crippen molar-refractivity contribution >= 4 is 44.8 Å². The van der Waals surface area contributed by atoms with E-state index in [0.29, 0.717) is 28.7 Å². The first-order valence-electron chi connectivity index (χ1n) is 8.62. The van der Waals surface area contributed by atoms with Crippen LogP contribution in [0, 0.1) is 0 Å². The van der Waals surface area contributed by atoms with Gasteiger partial charge in [0.2, 0.25) is 5.91 Å². The lowest BCUT2D eigenvalue weighted by molar-refractivity contribution is -0.117. The van der Waals surface area contributed by atoms with Crippen molar-refractivity contribution in [1.29, 1.82) is 0 Å². The minimum absolute atomic E-state index is 0.293. The van der Waals surface area contributed by atoms with E-state index in [1.807, 2.05) is 0 Å². The molecule has 0 radical (unpaired) electrons. The summed E-state index contributed by atoms with van der Waals surface area (Å²) in [6.45, 7) is 4.27. The van der Waals surface area contributed by atoms with Crippen molar-refractivity contribution in [2.45, 2.75) is 32.7 Å². The van der Waals surface area contributed by atoms with Crippen molar-refractivity contribution < 1.29 is 19.1 Å². The molecular weight excluding hydrogens is 432 g/mol. The Hall–Kier alpha value is -2.06. The van der Waals surface area contributed by atoms with Crippen LogP contribution in [0.25, 0.3) is 0 Å². The average molecular weight is 455 g/mol. The van der Waals surface area contributed by atoms with Crippen molar-refractivity contribution in [1.82, 2.24) is 5.32 Å². The van der Waals surface area contributed by atoms with Crippen LogP contribution >= 0.6 is 27.3 Å². The quantitative estimate of drug-likeness (QED) is 0.548. The molecule has 0 fully saturated rings. The molecular formula is C19H23BrN2O4S. The van der Waals surface area contributed by atoms with E-state index in [-0.39, 0.29) is 11.8 Å². The average Bonchev–Trinajstić information content (AvgIpc) is 3.09. The molecule has 1 aromatic carbocycles. The van der Waals surface area contributed by atoms with Gasteiger partial charge in [0.15, 0.2) is 0 Å². The van der Waals surface area contributed by atoms with E-state index < -0.39 is 6.04 Å². The molecule has 1 atom stereocenters. The summed E-state index contributed by atoms with van der Waals surface area (Å²) >= 11 is 4.63. The minimum atomic E-state index is -0.715. The topological polar surface area (TPSA) is 76.7 Å². The van der Waals surface area contributed by atoms with Gasteiger partial charge < -0.3 is 20.1 Å². The molecule has 2 N–H and O–H groups in total. The van der Waals surface area contributed by atoms with Crippen molar-refractivity contribution in [2.24, 2.45) is 0 Å². The zero-order chi connectivity index (χ0) is 19.8. The Bertz CT molecular complexity index is 794. The van der Waals surface area contributed by atoms with E-state index in [1.54, 1.807) is 44.4 Å². The number of anilines is 1. The van der Waals surface area contributed by atoms with Gasteiger partial charge in [-0.3, -0.25) is 9.59 Å². The van der Waals surface area contributed by atoms with Crippen LogP contribution in [0.4, 0.5) is 5.69 Å². The monoisotopic (exact) mass is 454 g/mol. The predicted octanol–water partition coefficient (Wildman–Crippen LogP) is 4.46. The fourth-order valence-electron chi connectivity index (χ4n) is 2.20. The summed E-state index contributed by atoms with van der Waals surface area (Å²) in [7, 11) is 1.56. The van der Waals surface area contributed by atoms with E-state index in [0.717, 1.165) is 16.6 Å². The van der Waals surface area contributed by atoms with Gasteiger partial charge in [0.05, 0.1) is 28.1 Å². The lowest BCUT2D eigenvalue weighted by Crippen LogP contribution is -2.41. The highest BCUT2D eigenvalue weighted by molar-refractivity contribution is 9.11. The Labute approximate surface area is 171 Å². The molecule has 0 aliphatic rings. The second kappa shape index (κ2) is 10.3. The molecule has 0 bridgehead atoms. The number of carbonyl (C=O) groups is 2. The van der Waals surface area contributed by atoms with Gasteiger partial charge in [-0.2, -0.15) is 0 Å². The van der Waals surface area contributed by atoms with Crippen LogP contribution in [0.15, 0.2) is 34.1 Å². The number of amides is 2. The van der Waals surface area contributed by atoms with Gasteiger partial charge in [0, 0.05) is 6.07 Å². The van der Waals surface area contributed by atoms with Crippen LogP contribution in [0.2, 0.25) is 0 Å². The Morgan fingerprint density at radius 3 is 2.67 bits per heavy atom. The molecule has 0 saturated carbocycles. The number of benzene rings is 1. The normalized spacial score (nSPS) is 11.6. The van der Waals surface area contributed by atoms with Gasteiger partial charge in [0.1, 0.15) is 17.5 Å². The van der Waals surface area contributed by atoms with Crippen molar-refractivity contribution in [2.75, 3.05) is 19.0 Å². The summed E-state index contributed by atoms with van der Waals surface area (Å²) in [5.74, 6) is 0.539. The van der Waals surface area contributed by atoms with E-state index in [9.17, 15) is 9.59 Å². The highest BCUT2D eigenvalue weighted by Crippen LogP contribution is 2.29. The maximum absolute atomic E-state index is 12.5. The van der Waals surface area contributed by atoms with Crippen LogP contribution in [0.1, 0.15) is 36.4 Å². The second-order valence-electron chi connectivity index (χ2n) is 5.85. The summed E-state index contributed by atoms with van der Waals surface area (Å²) in [5, 5.41) is 5.51. The largest absolute Gasteiger partial charge is 0.497 e. The van der Waals surface area contributed by atoms with Crippen LogP contribution < -0.4 is 20.1 Å². The molecule has 27 heavy (non-hydrogen) atoms. The highest BCUT2D eigenvalue weighted by Gasteiger charge is 2.19. The third-order valence-electron chi connectivity index (χ3n) is 3.74. The maximum Gasteiger partial charge on any atom is 0.262 e. The van der Waals surface area contributed by atoms with E-state index in [2.05, 4.69) is 33.5 Å². The fourth-order valence-corrected chi connectivity index (χ4v) is 3.49. The summed E-state index contributed by atoms with van der Waals surface area (Å²) in [5.41, 5.74) is 0.510. The van der Waals surface area contributed by atoms with Gasteiger partial charge in [-0.1, -0.05) is 13.3 Å². The van der Waals surface area contributed by atoms with Crippen molar-refractivity contribution in [3.63, 3.8) is 0 Å². The molecule has 2 amide bonds. The molecule has 2 rings (SSSR count). The van der Waals surface area contributed by atoms with Gasteiger partial charge in [-0.05, 0) is 53.5 Å². The number of ether oxygens (including phenoxy) is 2. The van der Waals surface area contributed by atoms with E-state index >= 15 is 0 Å². The Balaban J connectivity index is 2.05. The molecule has 1 unspecified atom stereocenters. The lowest BCUT2D eigenvalue weighted by Gasteiger charge is -2.17. The first-order valence-corrected chi connectivity index (χ1v) is 10.2. The number of rotatable bonds is 9. The number of halogens is 1. The number of hydrogen-bond acceptors (Lipinski definition) is 5. The van der Waals surface area contributed by atoms with E-state index in [1.165, 1.54) is 11.3 Å². The molecule has 6 nitrogen and oxygen atoms in total. The number of thiophene rings is 1. The molecule has 8 heteroatoms. The first-order chi connectivity index (χ1) is 12.9. The summed E-state index contributed by atoms with van der Waals surface area (Å²) < 4.78 is 11.8. The number of carbonyl (C=O) groups excluding carboxylic acids is 2. The number of hydrogen-bond donors (Lipinski definition) is 2. The molecule has 2 aromatic rings. The van der Waals surface area contributed by atoms with Crippen molar-refractivity contribution in [3.8, 4) is 11.5 Å². The smallest absolute Gasteiger partial charge is 0.262 e. The fraction of sp³-hybridized carbons (Fsp3) is 0.368. The molecule has 0 aliphatic heterocycles. The molecule has 146 valence electrons. The standard InChI is InChI=1S/C19H23BrN2O4S/c1-4-5-10-26-15-7-6-13(25-3)11-14(15)22-18(23)12(2)21-19(24)16-8-9-17(20)27-16/h6-9,11-12H,4-5,10H2,1-3H3,(H,21,24)(H,22,23). The molecule has 0 saturated heterocycles. The first kappa shape index (κ1) is 21.2. The Morgan fingerprint density at radius 2 is 2.04 bits per heavy atom. The zero-order valence-electron chi connectivity index (χ0n) is 15.5. The van der Waals surface area contributed by atoms with Crippen LogP contribution in [-0.2, 0) is 4.79 Å². The third-order valence-corrected chi connectivity index (χ3v) is 5.36. The summed E-state index contributed by atoms with van der Waals surface area (Å²) in [6.07, 6.45) is 1.93. The molecule has 1 aromatic heterocycles. The van der Waals surface area contributed by atoms with Gasteiger partial charge in [0.25, 0.3) is 5.91 Å². The number of nitrogens with one attached hydrogen (secondary N) is 2. The van der Waals surface area contributed by atoms with Crippen LogP contribution in [-0.4, -0.2) is 31.6 Å². The number of methoxy groups -OCH3 is 1. The summed E-state index contributed by atoms with van der Waals surface area (Å²) in [4.78, 5) is 25.3. The molecule has 1 heterocycles. The highest BCUT2D eigenvalue weighted by atomic mass is 79.9. The van der Waals surface area contributed by atoms with E-state index in [4.69, 9.17) is 9.47 Å². The third kappa shape index (κ3) is 6.25. The van der Waals surface area contributed by atoms with Gasteiger partial charge in [-0.15, -0.1) is 11.3 Å². The SMILES string of the molecule is CCCCOc1ccc(OC)cc1NC(=O)C(C)NC(=O)c1ccc(Br)s1. The molecule has 0 spiro atoms. The maximum atomic E-state index is 12.5. The Morgan fingerprint density at radius 1 is 1.26 bits per heavy atom. The summed E-state index contributed by atoms with van der Waals surface area (Å²) in [6, 6.07) is 8.02. The van der Waals surface area contributed by atoms with Crippen molar-refractivity contribution in [3.05, 3.63) is 39.0 Å². The minimum Gasteiger partial charge on any atom is -0.497 e. The Kier molecular flexibility index (Phi) is 8.12. The number of unbranched alkanes of at least 4 members (excludes halogenated alkanes) is 1. The van der Waals surface area contributed by atoms with Gasteiger partial charge >= 0.3 is 0 Å². The lowest BCUT2D eigenvalue weighted by atomic mass is 10.2. The van der Waals surface area contributed by atoms with Crippen LogP contribution in [0.3, 0.4) is 0 Å². The zero-order valence-corrected chi connectivity index (χ0v) is 17.9. The predicted molar refractivity (Wildman–Crippen MR) is 111 cm³/mol. The van der Waals surface area contributed by atoms with Gasteiger partial charge in [-0.25, -0.2) is 0 Å².